The summed E-state index contributed by atoms with van der Waals surface area (Å²) in [4.78, 5) is 52.7. The monoisotopic (exact) mass is 512 g/mol. The van der Waals surface area contributed by atoms with Crippen LogP contribution in [0.1, 0.15) is 54.3 Å². The van der Waals surface area contributed by atoms with Crippen LogP contribution in [0.5, 0.6) is 0 Å². The third kappa shape index (κ3) is 4.69. The molecule has 2 N–H and O–H groups in total. The molecule has 0 aliphatic carbocycles. The number of benzene rings is 4. The van der Waals surface area contributed by atoms with Gasteiger partial charge < -0.3 is 15.3 Å². The van der Waals surface area contributed by atoms with Crippen LogP contribution >= 0.6 is 11.6 Å². The van der Waals surface area contributed by atoms with Crippen molar-refractivity contribution in [2.75, 3.05) is 16.8 Å². The van der Waals surface area contributed by atoms with Gasteiger partial charge in [-0.15, -0.1) is 0 Å². The summed E-state index contributed by atoms with van der Waals surface area (Å²) in [6, 6.07) is 21.7. The molecule has 8 heteroatoms. The van der Waals surface area contributed by atoms with Crippen molar-refractivity contribution in [2.24, 2.45) is 0 Å². The minimum atomic E-state index is -1.31. The molecule has 5 rings (SSSR count). The van der Waals surface area contributed by atoms with Gasteiger partial charge in [0, 0.05) is 34.8 Å². The molecule has 184 valence electrons. The molecule has 0 radical (unpaired) electrons. The first-order chi connectivity index (χ1) is 17.8. The number of carbonyl (C=O) groups excluding carboxylic acids is 3. The van der Waals surface area contributed by atoms with Crippen molar-refractivity contribution >= 4 is 57.3 Å². The summed E-state index contributed by atoms with van der Waals surface area (Å²) in [5, 5.41) is 14.7. The van der Waals surface area contributed by atoms with E-state index in [0.717, 1.165) is 10.8 Å². The summed E-state index contributed by atoms with van der Waals surface area (Å²) in [5.74, 6) is -2.39. The van der Waals surface area contributed by atoms with Crippen LogP contribution in [0, 0.1) is 0 Å². The number of hydrogen-bond acceptors (Lipinski definition) is 4. The average Bonchev–Trinajstić information content (AvgIpc) is 3.06. The Morgan fingerprint density at radius 2 is 1.65 bits per heavy atom. The van der Waals surface area contributed by atoms with Crippen LogP contribution in [-0.4, -0.2) is 35.2 Å². The van der Waals surface area contributed by atoms with Gasteiger partial charge in [-0.05, 0) is 59.7 Å². The van der Waals surface area contributed by atoms with E-state index in [1.54, 1.807) is 24.3 Å². The number of anilines is 2. The topological polar surface area (TPSA) is 104 Å². The molecular weight excluding hydrogens is 492 g/mol. The fourth-order valence-corrected chi connectivity index (χ4v) is 4.76. The molecule has 37 heavy (non-hydrogen) atoms. The van der Waals surface area contributed by atoms with E-state index in [1.807, 2.05) is 30.3 Å². The zero-order valence-corrected chi connectivity index (χ0v) is 20.3. The molecule has 1 aliphatic rings. The summed E-state index contributed by atoms with van der Waals surface area (Å²) in [6.07, 6.45) is 0.681. The molecule has 4 aromatic rings. The molecule has 0 atom stereocenters. The average molecular weight is 513 g/mol. The van der Waals surface area contributed by atoms with Gasteiger partial charge in [-0.1, -0.05) is 48.0 Å². The Bertz CT molecular complexity index is 1590. The minimum absolute atomic E-state index is 0.0501. The summed E-state index contributed by atoms with van der Waals surface area (Å²) >= 11 is 6.07. The number of ketones is 1. The lowest BCUT2D eigenvalue weighted by Gasteiger charge is -2.23. The number of Topliss-reactive ketones (excluding diaryl/α,β-unsaturated/α-hetero) is 1. The van der Waals surface area contributed by atoms with Gasteiger partial charge in [0.1, 0.15) is 0 Å². The van der Waals surface area contributed by atoms with E-state index in [1.165, 1.54) is 29.2 Å². The fourth-order valence-electron chi connectivity index (χ4n) is 4.58. The third-order valence-corrected chi connectivity index (χ3v) is 6.59. The van der Waals surface area contributed by atoms with Gasteiger partial charge in [0.2, 0.25) is 0 Å². The van der Waals surface area contributed by atoms with Gasteiger partial charge in [-0.3, -0.25) is 14.4 Å². The first kappa shape index (κ1) is 24.2. The Morgan fingerprint density at radius 3 is 2.46 bits per heavy atom. The molecule has 1 heterocycles. The molecule has 1 aliphatic heterocycles. The van der Waals surface area contributed by atoms with Crippen molar-refractivity contribution < 1.29 is 24.3 Å². The Kier molecular flexibility index (Phi) is 6.46. The third-order valence-electron chi connectivity index (χ3n) is 6.35. The molecule has 0 fully saturated rings. The maximum atomic E-state index is 13.6. The normalized spacial score (nSPS) is 13.1. The predicted octanol–water partition coefficient (Wildman–Crippen LogP) is 6.07. The summed E-state index contributed by atoms with van der Waals surface area (Å²) in [5.41, 5.74) is 1.10. The van der Waals surface area contributed by atoms with E-state index in [2.05, 4.69) is 5.32 Å². The Balaban J connectivity index is 1.48. The van der Waals surface area contributed by atoms with Gasteiger partial charge in [0.15, 0.2) is 5.78 Å². The molecule has 0 bridgehead atoms. The first-order valence-electron chi connectivity index (χ1n) is 11.6. The second kappa shape index (κ2) is 9.87. The quantitative estimate of drug-likeness (QED) is 0.345. The van der Waals surface area contributed by atoms with E-state index < -0.39 is 17.8 Å². The fraction of sp³-hybridized carbons (Fsp3) is 0.103. The smallest absolute Gasteiger partial charge is 0.336 e. The number of carboxylic acids is 1. The number of aromatic carboxylic acids is 1. The first-order valence-corrected chi connectivity index (χ1v) is 12.0. The van der Waals surface area contributed by atoms with Gasteiger partial charge in [0.25, 0.3) is 11.8 Å². The SMILES string of the molecule is O=C(O)c1cc(NC(=O)c2cccc3ccccc23)ccc1C(=O)N1CCCC(=O)c2cc(Cl)ccc21. The zero-order chi connectivity index (χ0) is 26.1. The number of rotatable bonds is 4. The van der Waals surface area contributed by atoms with E-state index in [0.29, 0.717) is 28.3 Å². The van der Waals surface area contributed by atoms with Crippen LogP contribution in [0.4, 0.5) is 11.4 Å². The highest BCUT2D eigenvalue weighted by Gasteiger charge is 2.29. The van der Waals surface area contributed by atoms with Crippen LogP contribution in [0.3, 0.4) is 0 Å². The highest BCUT2D eigenvalue weighted by atomic mass is 35.5. The molecule has 0 saturated carbocycles. The maximum Gasteiger partial charge on any atom is 0.336 e. The predicted molar refractivity (Wildman–Crippen MR) is 142 cm³/mol. The highest BCUT2D eigenvalue weighted by Crippen LogP contribution is 2.31. The zero-order valence-electron chi connectivity index (χ0n) is 19.5. The van der Waals surface area contributed by atoms with Gasteiger partial charge in [-0.2, -0.15) is 0 Å². The lowest BCUT2D eigenvalue weighted by molar-refractivity contribution is 0.0691. The number of nitrogens with one attached hydrogen (secondary N) is 1. The van der Waals surface area contributed by atoms with Crippen molar-refractivity contribution in [1.29, 1.82) is 0 Å². The molecule has 4 aromatic carbocycles. The van der Waals surface area contributed by atoms with Crippen LogP contribution in [0.2, 0.25) is 5.02 Å². The Labute approximate surface area is 217 Å². The van der Waals surface area contributed by atoms with E-state index >= 15 is 0 Å². The summed E-state index contributed by atoms with van der Waals surface area (Å²) in [6.45, 7) is 0.248. The number of nitrogens with zero attached hydrogens (tertiary/aromatic N) is 1. The number of halogens is 1. The second-order valence-electron chi connectivity index (χ2n) is 8.69. The number of fused-ring (bicyclic) bond motifs is 2. The lowest BCUT2D eigenvalue weighted by Crippen LogP contribution is -2.33. The van der Waals surface area contributed by atoms with Gasteiger partial charge >= 0.3 is 5.97 Å². The van der Waals surface area contributed by atoms with Crippen LogP contribution in [0.25, 0.3) is 10.8 Å². The molecule has 7 nitrogen and oxygen atoms in total. The molecule has 2 amide bonds. The van der Waals surface area contributed by atoms with Gasteiger partial charge in [0.05, 0.1) is 16.8 Å². The van der Waals surface area contributed by atoms with E-state index in [-0.39, 0.29) is 35.6 Å². The molecule has 0 saturated heterocycles. The Morgan fingerprint density at radius 1 is 0.865 bits per heavy atom. The van der Waals surface area contributed by atoms with Crippen molar-refractivity contribution in [2.45, 2.75) is 12.8 Å². The van der Waals surface area contributed by atoms with Crippen LogP contribution < -0.4 is 10.2 Å². The van der Waals surface area contributed by atoms with Crippen molar-refractivity contribution in [3.63, 3.8) is 0 Å². The van der Waals surface area contributed by atoms with Gasteiger partial charge in [-0.25, -0.2) is 4.79 Å². The Hall–Kier alpha value is -4.49. The van der Waals surface area contributed by atoms with E-state index in [9.17, 15) is 24.3 Å². The van der Waals surface area contributed by atoms with Crippen molar-refractivity contribution in [3.8, 4) is 0 Å². The molecule has 0 spiro atoms. The van der Waals surface area contributed by atoms with E-state index in [4.69, 9.17) is 11.6 Å². The van der Waals surface area contributed by atoms with Crippen molar-refractivity contribution in [1.82, 2.24) is 0 Å². The number of carbonyl (C=O) groups is 4. The number of hydrogen-bond donors (Lipinski definition) is 2. The summed E-state index contributed by atoms with van der Waals surface area (Å²) < 4.78 is 0. The number of carboxylic acid groups (broad SMARTS) is 1. The second-order valence-corrected chi connectivity index (χ2v) is 9.13. The molecular formula is C29H21ClN2O5. The van der Waals surface area contributed by atoms with Crippen LogP contribution in [-0.2, 0) is 0 Å². The highest BCUT2D eigenvalue weighted by molar-refractivity contribution is 6.31. The number of amides is 2. The molecule has 0 aromatic heterocycles. The lowest BCUT2D eigenvalue weighted by atomic mass is 10.0. The summed E-state index contributed by atoms with van der Waals surface area (Å²) in [7, 11) is 0. The van der Waals surface area contributed by atoms with Crippen LogP contribution in [0.15, 0.2) is 78.9 Å². The van der Waals surface area contributed by atoms with Crippen molar-refractivity contribution in [3.05, 3.63) is 106 Å². The molecule has 0 unspecified atom stereocenters. The maximum absolute atomic E-state index is 13.6. The standard InChI is InChI=1S/C29H21ClN2O5/c30-18-10-13-25-24(15-18)26(33)9-4-14-32(25)28(35)22-12-11-19(16-23(22)29(36)37)31-27(34)21-8-3-6-17-5-1-2-7-20(17)21/h1-3,5-8,10-13,15-16H,4,9,14H2,(H,31,34)(H,36,37). The largest absolute Gasteiger partial charge is 0.478 e. The minimum Gasteiger partial charge on any atom is -0.478 e.